The van der Waals surface area contributed by atoms with Gasteiger partial charge in [-0.05, 0) is 25.3 Å². The van der Waals surface area contributed by atoms with Crippen molar-refractivity contribution in [2.45, 2.75) is 53.9 Å². The number of nitrogens with one attached hydrogen (secondary N) is 1. The Morgan fingerprint density at radius 1 is 1.19 bits per heavy atom. The molecular formula is C15H26ClN5. The largest absolute Gasteiger partial charge is 0.307 e. The molecule has 6 heteroatoms. The van der Waals surface area contributed by atoms with Gasteiger partial charge in [-0.2, -0.15) is 10.2 Å². The standard InChI is InChI=1S/C15H25N5.ClH/c1-5-20-15(13(4)6-18-20)9-16-7-14-8-17-19(11-14)10-12(2)3;/h6,8,11-12,16H,5,7,9-10H2,1-4H3;1H. The highest BCUT2D eigenvalue weighted by atomic mass is 35.5. The van der Waals surface area contributed by atoms with Gasteiger partial charge in [0, 0.05) is 37.9 Å². The molecule has 0 aliphatic rings. The smallest absolute Gasteiger partial charge is 0.0551 e. The van der Waals surface area contributed by atoms with Gasteiger partial charge >= 0.3 is 0 Å². The van der Waals surface area contributed by atoms with Crippen molar-refractivity contribution < 1.29 is 0 Å². The first-order valence-corrected chi connectivity index (χ1v) is 7.33. The van der Waals surface area contributed by atoms with Crippen LogP contribution in [0.15, 0.2) is 18.6 Å². The van der Waals surface area contributed by atoms with Crippen molar-refractivity contribution in [3.05, 3.63) is 35.4 Å². The number of hydrogen-bond donors (Lipinski definition) is 1. The summed E-state index contributed by atoms with van der Waals surface area (Å²) in [5.41, 5.74) is 3.74. The molecule has 0 aliphatic carbocycles. The second-order valence-electron chi connectivity index (χ2n) is 5.66. The van der Waals surface area contributed by atoms with Crippen molar-refractivity contribution in [3.63, 3.8) is 0 Å². The molecule has 0 aromatic carbocycles. The maximum absolute atomic E-state index is 4.38. The van der Waals surface area contributed by atoms with E-state index in [0.717, 1.165) is 26.2 Å². The molecule has 2 rings (SSSR count). The van der Waals surface area contributed by atoms with Crippen LogP contribution >= 0.6 is 12.4 Å². The maximum atomic E-state index is 4.38. The second-order valence-corrected chi connectivity index (χ2v) is 5.66. The summed E-state index contributed by atoms with van der Waals surface area (Å²) in [7, 11) is 0. The minimum Gasteiger partial charge on any atom is -0.307 e. The Morgan fingerprint density at radius 3 is 2.62 bits per heavy atom. The molecular weight excluding hydrogens is 286 g/mol. The van der Waals surface area contributed by atoms with E-state index in [1.54, 1.807) is 0 Å². The molecule has 0 radical (unpaired) electrons. The number of rotatable bonds is 7. The summed E-state index contributed by atoms with van der Waals surface area (Å²) in [6.07, 6.45) is 6.00. The zero-order valence-corrected chi connectivity index (χ0v) is 14.2. The number of nitrogens with zero attached hydrogens (tertiary/aromatic N) is 4. The highest BCUT2D eigenvalue weighted by molar-refractivity contribution is 5.85. The lowest BCUT2D eigenvalue weighted by Crippen LogP contribution is -2.16. The van der Waals surface area contributed by atoms with Crippen molar-refractivity contribution in [1.82, 2.24) is 24.9 Å². The zero-order chi connectivity index (χ0) is 14.5. The third-order valence-corrected chi connectivity index (χ3v) is 3.32. The van der Waals surface area contributed by atoms with Crippen LogP contribution in [0.2, 0.25) is 0 Å². The molecule has 0 spiro atoms. The molecule has 2 aromatic heterocycles. The second kappa shape index (κ2) is 8.20. The van der Waals surface area contributed by atoms with Crippen LogP contribution in [-0.2, 0) is 26.2 Å². The Bertz CT molecular complexity index is 544. The fourth-order valence-electron chi connectivity index (χ4n) is 2.30. The molecule has 0 saturated carbocycles. The highest BCUT2D eigenvalue weighted by Crippen LogP contribution is 2.07. The number of aryl methyl sites for hydroxylation is 2. The number of halogens is 1. The van der Waals surface area contributed by atoms with E-state index in [0.29, 0.717) is 5.92 Å². The van der Waals surface area contributed by atoms with E-state index in [1.807, 2.05) is 21.8 Å². The molecule has 2 aromatic rings. The lowest BCUT2D eigenvalue weighted by molar-refractivity contribution is 0.482. The van der Waals surface area contributed by atoms with Gasteiger partial charge in [0.2, 0.25) is 0 Å². The third-order valence-electron chi connectivity index (χ3n) is 3.32. The summed E-state index contributed by atoms with van der Waals surface area (Å²) >= 11 is 0. The van der Waals surface area contributed by atoms with E-state index in [-0.39, 0.29) is 12.4 Å². The predicted molar refractivity (Wildman–Crippen MR) is 87.5 cm³/mol. The molecule has 0 amide bonds. The fourth-order valence-corrected chi connectivity index (χ4v) is 2.30. The van der Waals surface area contributed by atoms with Crippen LogP contribution in [0.5, 0.6) is 0 Å². The van der Waals surface area contributed by atoms with Gasteiger partial charge in [0.1, 0.15) is 0 Å². The van der Waals surface area contributed by atoms with Crippen molar-refractivity contribution in [2.24, 2.45) is 5.92 Å². The normalized spacial score (nSPS) is 10.9. The quantitative estimate of drug-likeness (QED) is 0.855. The van der Waals surface area contributed by atoms with E-state index in [1.165, 1.54) is 16.8 Å². The summed E-state index contributed by atoms with van der Waals surface area (Å²) in [5, 5.41) is 12.2. The summed E-state index contributed by atoms with van der Waals surface area (Å²) < 4.78 is 4.06. The van der Waals surface area contributed by atoms with Crippen LogP contribution in [0.25, 0.3) is 0 Å². The molecule has 21 heavy (non-hydrogen) atoms. The molecule has 0 saturated heterocycles. The Balaban J connectivity index is 0.00000220. The summed E-state index contributed by atoms with van der Waals surface area (Å²) in [6, 6.07) is 0. The van der Waals surface area contributed by atoms with Crippen molar-refractivity contribution in [3.8, 4) is 0 Å². The Labute approximate surface area is 133 Å². The molecule has 0 atom stereocenters. The van der Waals surface area contributed by atoms with E-state index in [2.05, 4.69) is 49.4 Å². The topological polar surface area (TPSA) is 47.7 Å². The van der Waals surface area contributed by atoms with Crippen LogP contribution in [0.4, 0.5) is 0 Å². The first-order valence-electron chi connectivity index (χ1n) is 7.33. The molecule has 1 N–H and O–H groups in total. The Hall–Kier alpha value is -1.33. The van der Waals surface area contributed by atoms with Gasteiger partial charge in [0.05, 0.1) is 18.1 Å². The van der Waals surface area contributed by atoms with Gasteiger partial charge in [-0.1, -0.05) is 13.8 Å². The molecule has 0 aliphatic heterocycles. The van der Waals surface area contributed by atoms with Crippen LogP contribution in [0.3, 0.4) is 0 Å². The first kappa shape index (κ1) is 17.7. The third kappa shape index (κ3) is 4.86. The fraction of sp³-hybridized carbons (Fsp3) is 0.600. The van der Waals surface area contributed by atoms with Gasteiger partial charge in [-0.25, -0.2) is 0 Å². The summed E-state index contributed by atoms with van der Waals surface area (Å²) in [4.78, 5) is 0. The van der Waals surface area contributed by atoms with Gasteiger partial charge in [0.25, 0.3) is 0 Å². The maximum Gasteiger partial charge on any atom is 0.0551 e. The van der Waals surface area contributed by atoms with Gasteiger partial charge in [0.15, 0.2) is 0 Å². The molecule has 0 fully saturated rings. The average molecular weight is 312 g/mol. The van der Waals surface area contributed by atoms with E-state index < -0.39 is 0 Å². The van der Waals surface area contributed by atoms with Crippen LogP contribution in [0.1, 0.15) is 37.6 Å². The van der Waals surface area contributed by atoms with Gasteiger partial charge in [-0.15, -0.1) is 12.4 Å². The molecule has 0 bridgehead atoms. The van der Waals surface area contributed by atoms with E-state index in [9.17, 15) is 0 Å². The SMILES string of the molecule is CCn1ncc(C)c1CNCc1cnn(CC(C)C)c1.Cl. The van der Waals surface area contributed by atoms with Crippen molar-refractivity contribution >= 4 is 12.4 Å². The van der Waals surface area contributed by atoms with Crippen LogP contribution in [0, 0.1) is 12.8 Å². The van der Waals surface area contributed by atoms with Crippen molar-refractivity contribution in [1.29, 1.82) is 0 Å². The first-order chi connectivity index (χ1) is 9.60. The number of hydrogen-bond acceptors (Lipinski definition) is 3. The Kier molecular flexibility index (Phi) is 6.92. The summed E-state index contributed by atoms with van der Waals surface area (Å²) in [6.45, 7) is 12.2. The molecule has 5 nitrogen and oxygen atoms in total. The Morgan fingerprint density at radius 2 is 1.95 bits per heavy atom. The highest BCUT2D eigenvalue weighted by Gasteiger charge is 2.06. The van der Waals surface area contributed by atoms with E-state index in [4.69, 9.17) is 0 Å². The van der Waals surface area contributed by atoms with Crippen LogP contribution < -0.4 is 5.32 Å². The zero-order valence-electron chi connectivity index (χ0n) is 13.3. The van der Waals surface area contributed by atoms with E-state index >= 15 is 0 Å². The lowest BCUT2D eigenvalue weighted by Gasteiger charge is -2.07. The van der Waals surface area contributed by atoms with Gasteiger partial charge in [-0.3, -0.25) is 9.36 Å². The predicted octanol–water partition coefficient (Wildman–Crippen LogP) is 2.78. The molecule has 2 heterocycles. The minimum atomic E-state index is 0. The molecule has 0 unspecified atom stereocenters. The molecule has 118 valence electrons. The van der Waals surface area contributed by atoms with Crippen LogP contribution in [-0.4, -0.2) is 19.6 Å². The van der Waals surface area contributed by atoms with Crippen molar-refractivity contribution in [2.75, 3.05) is 0 Å². The summed E-state index contributed by atoms with van der Waals surface area (Å²) in [5.74, 6) is 0.622. The average Bonchev–Trinajstić information content (AvgIpc) is 2.97. The monoisotopic (exact) mass is 311 g/mol. The van der Waals surface area contributed by atoms with Gasteiger partial charge < -0.3 is 5.32 Å². The number of aromatic nitrogens is 4. The lowest BCUT2D eigenvalue weighted by atomic mass is 10.2. The minimum absolute atomic E-state index is 0.